The molecule has 0 amide bonds. The Bertz CT molecular complexity index is 604. The predicted octanol–water partition coefficient (Wildman–Crippen LogP) is 4.12. The number of hydrogen-bond donors (Lipinski definition) is 2. The van der Waals surface area contributed by atoms with Gasteiger partial charge in [0, 0.05) is 17.3 Å². The van der Waals surface area contributed by atoms with Crippen LogP contribution in [-0.2, 0) is 6.54 Å². The molecule has 2 rings (SSSR count). The van der Waals surface area contributed by atoms with Gasteiger partial charge in [-0.1, -0.05) is 32.0 Å². The van der Waals surface area contributed by atoms with Gasteiger partial charge in [0.2, 0.25) is 0 Å². The molecule has 2 N–H and O–H groups in total. The van der Waals surface area contributed by atoms with Crippen molar-refractivity contribution in [3.63, 3.8) is 0 Å². The Morgan fingerprint density at radius 2 is 2.00 bits per heavy atom. The van der Waals surface area contributed by atoms with Crippen molar-refractivity contribution in [3.05, 3.63) is 34.7 Å². The highest BCUT2D eigenvalue weighted by atomic mass is 32.1. The van der Waals surface area contributed by atoms with E-state index in [1.165, 1.54) is 11.3 Å². The fourth-order valence-corrected chi connectivity index (χ4v) is 3.57. The maximum Gasteiger partial charge on any atom is 0.346 e. The molecule has 0 aliphatic rings. The Morgan fingerprint density at radius 3 is 2.65 bits per heavy atom. The van der Waals surface area contributed by atoms with Crippen LogP contribution in [0.25, 0.3) is 10.1 Å². The maximum atomic E-state index is 11.4. The summed E-state index contributed by atoms with van der Waals surface area (Å²) in [5, 5.41) is 13.9. The van der Waals surface area contributed by atoms with Gasteiger partial charge in [-0.2, -0.15) is 0 Å². The Kier molecular flexibility index (Phi) is 4.78. The number of hydrogen-bond acceptors (Lipinski definition) is 3. The van der Waals surface area contributed by atoms with Crippen LogP contribution in [0.2, 0.25) is 0 Å². The van der Waals surface area contributed by atoms with Crippen molar-refractivity contribution in [2.75, 3.05) is 0 Å². The standard InChI is InChI=1S/C16H21NO2S/c1-10(2)8-11(3)17-9-13-12-6-4-5-7-14(12)20-15(13)16(18)19/h4-7,10-11,17H,8-9H2,1-3H3,(H,18,19). The summed E-state index contributed by atoms with van der Waals surface area (Å²) in [5.74, 6) is -0.199. The summed E-state index contributed by atoms with van der Waals surface area (Å²) < 4.78 is 1.04. The first kappa shape index (κ1) is 15.0. The van der Waals surface area contributed by atoms with Gasteiger partial charge in [-0.05, 0) is 36.3 Å². The molecule has 3 nitrogen and oxygen atoms in total. The Hall–Kier alpha value is -1.39. The average Bonchev–Trinajstić information content (AvgIpc) is 2.74. The van der Waals surface area contributed by atoms with Gasteiger partial charge < -0.3 is 10.4 Å². The van der Waals surface area contributed by atoms with Gasteiger partial charge in [-0.15, -0.1) is 11.3 Å². The molecule has 0 aliphatic carbocycles. The van der Waals surface area contributed by atoms with Crippen molar-refractivity contribution in [1.29, 1.82) is 0 Å². The third kappa shape index (κ3) is 3.38. The molecule has 0 spiro atoms. The molecule has 0 aliphatic heterocycles. The zero-order valence-corrected chi connectivity index (χ0v) is 13.0. The van der Waals surface area contributed by atoms with Gasteiger partial charge in [0.15, 0.2) is 0 Å². The molecule has 1 atom stereocenters. The van der Waals surface area contributed by atoms with E-state index in [1.54, 1.807) is 0 Å². The SMILES string of the molecule is CC(C)CC(C)NCc1c(C(=O)O)sc2ccccc12. The zero-order chi connectivity index (χ0) is 14.7. The van der Waals surface area contributed by atoms with Crippen LogP contribution in [0.3, 0.4) is 0 Å². The molecule has 1 aromatic carbocycles. The quantitative estimate of drug-likeness (QED) is 0.841. The molecule has 20 heavy (non-hydrogen) atoms. The molecule has 4 heteroatoms. The van der Waals surface area contributed by atoms with E-state index in [2.05, 4.69) is 26.1 Å². The summed E-state index contributed by atoms with van der Waals surface area (Å²) >= 11 is 1.36. The molecular formula is C16H21NO2S. The number of carboxylic acid groups (broad SMARTS) is 1. The van der Waals surface area contributed by atoms with Crippen LogP contribution < -0.4 is 5.32 Å². The minimum atomic E-state index is -0.834. The van der Waals surface area contributed by atoms with E-state index in [-0.39, 0.29) is 0 Å². The third-order valence-corrected chi connectivity index (χ3v) is 4.55. The van der Waals surface area contributed by atoms with Crippen LogP contribution >= 0.6 is 11.3 Å². The molecule has 1 heterocycles. The van der Waals surface area contributed by atoms with E-state index in [0.29, 0.717) is 23.4 Å². The predicted molar refractivity (Wildman–Crippen MR) is 84.5 cm³/mol. The summed E-state index contributed by atoms with van der Waals surface area (Å²) in [6, 6.07) is 8.27. The average molecular weight is 291 g/mol. The smallest absolute Gasteiger partial charge is 0.346 e. The number of carboxylic acids is 1. The lowest BCUT2D eigenvalue weighted by molar-refractivity contribution is 0.0701. The third-order valence-electron chi connectivity index (χ3n) is 3.34. The lowest BCUT2D eigenvalue weighted by Gasteiger charge is -2.16. The first-order valence-corrected chi connectivity index (χ1v) is 7.77. The molecule has 108 valence electrons. The Morgan fingerprint density at radius 1 is 1.30 bits per heavy atom. The number of rotatable bonds is 6. The highest BCUT2D eigenvalue weighted by Gasteiger charge is 2.17. The summed E-state index contributed by atoms with van der Waals surface area (Å²) in [4.78, 5) is 11.9. The maximum absolute atomic E-state index is 11.4. The molecule has 0 fully saturated rings. The summed E-state index contributed by atoms with van der Waals surface area (Å²) in [5.41, 5.74) is 0.911. The fraction of sp³-hybridized carbons (Fsp3) is 0.438. The zero-order valence-electron chi connectivity index (χ0n) is 12.1. The number of aromatic carboxylic acids is 1. The second-order valence-electron chi connectivity index (χ2n) is 5.62. The number of carbonyl (C=O) groups is 1. The summed E-state index contributed by atoms with van der Waals surface area (Å²) in [6.07, 6.45) is 1.09. The minimum absolute atomic E-state index is 0.385. The first-order valence-electron chi connectivity index (χ1n) is 6.96. The van der Waals surface area contributed by atoms with Crippen molar-refractivity contribution in [2.24, 2.45) is 5.92 Å². The second kappa shape index (κ2) is 6.37. The normalized spacial score (nSPS) is 13.0. The molecule has 0 saturated heterocycles. The van der Waals surface area contributed by atoms with Gasteiger partial charge in [0.25, 0.3) is 0 Å². The molecule has 0 saturated carbocycles. The van der Waals surface area contributed by atoms with Crippen molar-refractivity contribution in [1.82, 2.24) is 5.32 Å². The number of fused-ring (bicyclic) bond motifs is 1. The van der Waals surface area contributed by atoms with E-state index in [4.69, 9.17) is 0 Å². The lowest BCUT2D eigenvalue weighted by atomic mass is 10.0. The number of nitrogens with one attached hydrogen (secondary N) is 1. The van der Waals surface area contributed by atoms with Crippen LogP contribution in [0.15, 0.2) is 24.3 Å². The molecule has 0 radical (unpaired) electrons. The van der Waals surface area contributed by atoms with Crippen LogP contribution in [0, 0.1) is 5.92 Å². The highest BCUT2D eigenvalue weighted by Crippen LogP contribution is 2.31. The van der Waals surface area contributed by atoms with Crippen LogP contribution in [0.1, 0.15) is 42.4 Å². The van der Waals surface area contributed by atoms with E-state index in [1.807, 2.05) is 24.3 Å². The van der Waals surface area contributed by atoms with E-state index < -0.39 is 5.97 Å². The van der Waals surface area contributed by atoms with Gasteiger partial charge in [0.1, 0.15) is 4.88 Å². The largest absolute Gasteiger partial charge is 0.477 e. The van der Waals surface area contributed by atoms with E-state index in [9.17, 15) is 9.90 Å². The van der Waals surface area contributed by atoms with Crippen molar-refractivity contribution < 1.29 is 9.90 Å². The monoisotopic (exact) mass is 291 g/mol. The first-order chi connectivity index (χ1) is 9.49. The molecule has 1 aromatic heterocycles. The number of benzene rings is 1. The molecule has 0 bridgehead atoms. The number of thiophene rings is 1. The topological polar surface area (TPSA) is 49.3 Å². The summed E-state index contributed by atoms with van der Waals surface area (Å²) in [7, 11) is 0. The van der Waals surface area contributed by atoms with E-state index in [0.717, 1.165) is 22.1 Å². The fourth-order valence-electron chi connectivity index (χ4n) is 2.51. The van der Waals surface area contributed by atoms with Gasteiger partial charge in [0.05, 0.1) is 0 Å². The molecular weight excluding hydrogens is 270 g/mol. The van der Waals surface area contributed by atoms with Gasteiger partial charge >= 0.3 is 5.97 Å². The van der Waals surface area contributed by atoms with E-state index >= 15 is 0 Å². The van der Waals surface area contributed by atoms with Crippen LogP contribution in [-0.4, -0.2) is 17.1 Å². The minimum Gasteiger partial charge on any atom is -0.477 e. The van der Waals surface area contributed by atoms with Crippen molar-refractivity contribution in [2.45, 2.75) is 39.8 Å². The Labute approximate surface area is 123 Å². The van der Waals surface area contributed by atoms with Crippen molar-refractivity contribution in [3.8, 4) is 0 Å². The van der Waals surface area contributed by atoms with Crippen LogP contribution in [0.5, 0.6) is 0 Å². The van der Waals surface area contributed by atoms with Crippen LogP contribution in [0.4, 0.5) is 0 Å². The van der Waals surface area contributed by atoms with Gasteiger partial charge in [-0.3, -0.25) is 0 Å². The van der Waals surface area contributed by atoms with Crippen molar-refractivity contribution >= 4 is 27.4 Å². The second-order valence-corrected chi connectivity index (χ2v) is 6.67. The Balaban J connectivity index is 2.23. The molecule has 2 aromatic rings. The lowest BCUT2D eigenvalue weighted by Crippen LogP contribution is -2.27. The summed E-state index contributed by atoms with van der Waals surface area (Å²) in [6.45, 7) is 7.15. The molecule has 1 unspecified atom stereocenters. The highest BCUT2D eigenvalue weighted by molar-refractivity contribution is 7.21. The van der Waals surface area contributed by atoms with Gasteiger partial charge in [-0.25, -0.2) is 4.79 Å².